The fourth-order valence-electron chi connectivity index (χ4n) is 0.969. The molecular formula is C8H14BrN5O2. The average molecular weight is 292 g/mol. The number of nitrogens with zero attached hydrogens (tertiary/aromatic N) is 2. The van der Waals surface area contributed by atoms with Gasteiger partial charge in [-0.05, 0) is 15.9 Å². The Balaban J connectivity index is 2.40. The third kappa shape index (κ3) is 4.27. The summed E-state index contributed by atoms with van der Waals surface area (Å²) in [5.74, 6) is 6.16. The highest BCUT2D eigenvalue weighted by molar-refractivity contribution is 9.10. The largest absolute Gasteiger partial charge is 0.394 e. The van der Waals surface area contributed by atoms with Crippen molar-refractivity contribution in [2.75, 3.05) is 37.1 Å². The fraction of sp³-hybridized carbons (Fsp3) is 0.500. The summed E-state index contributed by atoms with van der Waals surface area (Å²) in [6.45, 7) is 1.43. The van der Waals surface area contributed by atoms with Gasteiger partial charge in [-0.25, -0.2) is 10.8 Å². The number of nitrogens with one attached hydrogen (secondary N) is 2. The number of hydrogen-bond acceptors (Lipinski definition) is 7. The van der Waals surface area contributed by atoms with E-state index in [0.717, 1.165) is 4.47 Å². The molecule has 5 N–H and O–H groups in total. The molecule has 90 valence electrons. The second kappa shape index (κ2) is 7.34. The zero-order chi connectivity index (χ0) is 11.8. The van der Waals surface area contributed by atoms with E-state index >= 15 is 0 Å². The Morgan fingerprint density at radius 1 is 1.50 bits per heavy atom. The summed E-state index contributed by atoms with van der Waals surface area (Å²) >= 11 is 3.31. The summed E-state index contributed by atoms with van der Waals surface area (Å²) < 4.78 is 5.83. The van der Waals surface area contributed by atoms with Crippen molar-refractivity contribution in [2.24, 2.45) is 5.84 Å². The van der Waals surface area contributed by atoms with Crippen LogP contribution < -0.4 is 16.6 Å². The summed E-state index contributed by atoms with van der Waals surface area (Å²) in [5.41, 5.74) is 2.36. The van der Waals surface area contributed by atoms with Gasteiger partial charge in [-0.3, -0.25) is 5.43 Å². The zero-order valence-electron chi connectivity index (χ0n) is 8.61. The molecule has 0 radical (unpaired) electrons. The van der Waals surface area contributed by atoms with Crippen molar-refractivity contribution in [3.05, 3.63) is 10.7 Å². The summed E-state index contributed by atoms with van der Waals surface area (Å²) in [4.78, 5) is 8.02. The van der Waals surface area contributed by atoms with E-state index in [0.29, 0.717) is 31.5 Å². The number of halogens is 1. The van der Waals surface area contributed by atoms with E-state index < -0.39 is 0 Å². The van der Waals surface area contributed by atoms with E-state index in [9.17, 15) is 0 Å². The third-order valence-electron chi connectivity index (χ3n) is 1.65. The molecule has 1 heterocycles. The number of aliphatic hydroxyl groups is 1. The summed E-state index contributed by atoms with van der Waals surface area (Å²) in [6.07, 6.45) is 1.60. The lowest BCUT2D eigenvalue weighted by Gasteiger charge is -2.08. The van der Waals surface area contributed by atoms with E-state index in [1.165, 1.54) is 0 Å². The van der Waals surface area contributed by atoms with Crippen molar-refractivity contribution in [2.45, 2.75) is 0 Å². The van der Waals surface area contributed by atoms with Crippen LogP contribution in [0.1, 0.15) is 0 Å². The summed E-state index contributed by atoms with van der Waals surface area (Å²) in [6, 6.07) is 0. The molecule has 0 aliphatic carbocycles. The molecule has 0 saturated carbocycles. The van der Waals surface area contributed by atoms with Crippen LogP contribution in [-0.2, 0) is 4.74 Å². The lowest BCUT2D eigenvalue weighted by atomic mass is 10.5. The molecule has 16 heavy (non-hydrogen) atoms. The number of rotatable bonds is 7. The quantitative estimate of drug-likeness (QED) is 0.317. The monoisotopic (exact) mass is 291 g/mol. The maximum atomic E-state index is 8.50. The maximum Gasteiger partial charge on any atom is 0.239 e. The lowest BCUT2D eigenvalue weighted by Crippen LogP contribution is -2.15. The average Bonchev–Trinajstić information content (AvgIpc) is 2.31. The first-order valence-electron chi connectivity index (χ1n) is 4.69. The molecule has 0 unspecified atom stereocenters. The van der Waals surface area contributed by atoms with Crippen LogP contribution in [0.25, 0.3) is 0 Å². The van der Waals surface area contributed by atoms with Gasteiger partial charge in [0.1, 0.15) is 5.82 Å². The molecule has 1 aromatic heterocycles. The van der Waals surface area contributed by atoms with Gasteiger partial charge >= 0.3 is 0 Å². The molecule has 8 heteroatoms. The second-order valence-electron chi connectivity index (χ2n) is 2.80. The molecule has 0 saturated heterocycles. The first kappa shape index (κ1) is 13.1. The predicted octanol–water partition coefficient (Wildman–Crippen LogP) is -0.0545. The lowest BCUT2D eigenvalue weighted by molar-refractivity contribution is 0.0992. The van der Waals surface area contributed by atoms with Crippen molar-refractivity contribution >= 4 is 27.7 Å². The Labute approximate surface area is 102 Å². The van der Waals surface area contributed by atoms with E-state index in [-0.39, 0.29) is 6.61 Å². The normalized spacial score (nSPS) is 10.2. The summed E-state index contributed by atoms with van der Waals surface area (Å²) in [5, 5.41) is 11.5. The van der Waals surface area contributed by atoms with Crippen LogP contribution >= 0.6 is 15.9 Å². The standard InChI is InChI=1S/C8H14BrN5O2/c9-6-5-12-8(14-10)13-7(6)11-1-3-16-4-2-15/h5,15H,1-4,10H2,(H2,11,12,13,14). The number of nitrogen functional groups attached to an aromatic ring is 1. The maximum absolute atomic E-state index is 8.50. The van der Waals surface area contributed by atoms with Gasteiger partial charge in [0.05, 0.1) is 24.3 Å². The third-order valence-corrected chi connectivity index (χ3v) is 2.23. The molecule has 1 rings (SSSR count). The van der Waals surface area contributed by atoms with E-state index in [1.54, 1.807) is 6.20 Å². The van der Waals surface area contributed by atoms with Gasteiger partial charge in [-0.1, -0.05) is 0 Å². The topological polar surface area (TPSA) is 105 Å². The molecule has 0 spiro atoms. The van der Waals surface area contributed by atoms with E-state index in [4.69, 9.17) is 15.7 Å². The zero-order valence-corrected chi connectivity index (χ0v) is 10.2. The van der Waals surface area contributed by atoms with Gasteiger partial charge in [-0.2, -0.15) is 4.98 Å². The molecule has 0 aromatic carbocycles. The van der Waals surface area contributed by atoms with Gasteiger partial charge in [0, 0.05) is 12.7 Å². The highest BCUT2D eigenvalue weighted by Crippen LogP contribution is 2.19. The van der Waals surface area contributed by atoms with Gasteiger partial charge in [0.2, 0.25) is 5.95 Å². The minimum absolute atomic E-state index is 0.0262. The van der Waals surface area contributed by atoms with Crippen LogP contribution in [0.5, 0.6) is 0 Å². The number of hydrogen-bond donors (Lipinski definition) is 4. The molecule has 0 amide bonds. The number of nitrogens with two attached hydrogens (primary N) is 1. The number of ether oxygens (including phenoxy) is 1. The van der Waals surface area contributed by atoms with Crippen LogP contribution in [0.15, 0.2) is 10.7 Å². The predicted molar refractivity (Wildman–Crippen MR) is 63.9 cm³/mol. The van der Waals surface area contributed by atoms with Crippen LogP contribution in [0.4, 0.5) is 11.8 Å². The first-order valence-corrected chi connectivity index (χ1v) is 5.49. The van der Waals surface area contributed by atoms with Gasteiger partial charge in [-0.15, -0.1) is 0 Å². The van der Waals surface area contributed by atoms with Crippen molar-refractivity contribution in [3.8, 4) is 0 Å². The Kier molecular flexibility index (Phi) is 6.01. The van der Waals surface area contributed by atoms with Crippen molar-refractivity contribution in [3.63, 3.8) is 0 Å². The molecule has 0 aliphatic rings. The minimum Gasteiger partial charge on any atom is -0.394 e. The van der Waals surface area contributed by atoms with Gasteiger partial charge < -0.3 is 15.2 Å². The molecule has 0 fully saturated rings. The SMILES string of the molecule is NNc1ncc(Br)c(NCCOCCO)n1. The second-order valence-corrected chi connectivity index (χ2v) is 3.65. The Morgan fingerprint density at radius 3 is 3.00 bits per heavy atom. The Bertz CT molecular complexity index is 325. The van der Waals surface area contributed by atoms with Crippen molar-refractivity contribution in [1.29, 1.82) is 0 Å². The van der Waals surface area contributed by atoms with E-state index in [1.807, 2.05) is 0 Å². The van der Waals surface area contributed by atoms with Crippen LogP contribution in [0.3, 0.4) is 0 Å². The highest BCUT2D eigenvalue weighted by Gasteiger charge is 2.03. The van der Waals surface area contributed by atoms with Crippen molar-refractivity contribution < 1.29 is 9.84 Å². The van der Waals surface area contributed by atoms with Gasteiger partial charge in [0.25, 0.3) is 0 Å². The molecular weight excluding hydrogens is 278 g/mol. The molecule has 0 atom stereocenters. The molecule has 1 aromatic rings. The molecule has 0 bridgehead atoms. The Hall–Kier alpha value is -0.960. The fourth-order valence-corrected chi connectivity index (χ4v) is 1.30. The highest BCUT2D eigenvalue weighted by atomic mass is 79.9. The number of aromatic nitrogens is 2. The van der Waals surface area contributed by atoms with E-state index in [2.05, 4.69) is 36.6 Å². The number of anilines is 2. The first-order chi connectivity index (χ1) is 7.77. The Morgan fingerprint density at radius 2 is 2.31 bits per heavy atom. The number of aliphatic hydroxyl groups excluding tert-OH is 1. The summed E-state index contributed by atoms with van der Waals surface area (Å²) in [7, 11) is 0. The van der Waals surface area contributed by atoms with Crippen LogP contribution in [0.2, 0.25) is 0 Å². The van der Waals surface area contributed by atoms with Gasteiger partial charge in [0.15, 0.2) is 0 Å². The molecule has 7 nitrogen and oxygen atoms in total. The molecule has 0 aliphatic heterocycles. The van der Waals surface area contributed by atoms with Crippen LogP contribution in [0, 0.1) is 0 Å². The minimum atomic E-state index is 0.0262. The van der Waals surface area contributed by atoms with Crippen LogP contribution in [-0.4, -0.2) is 41.4 Å². The van der Waals surface area contributed by atoms with Crippen molar-refractivity contribution in [1.82, 2.24) is 9.97 Å². The smallest absolute Gasteiger partial charge is 0.239 e. The number of hydrazine groups is 1.